The second kappa shape index (κ2) is 11.6. The van der Waals surface area contributed by atoms with Gasteiger partial charge in [-0.15, -0.1) is 0 Å². The van der Waals surface area contributed by atoms with Crippen molar-refractivity contribution < 1.29 is 23.3 Å². The fraction of sp³-hybridized carbons (Fsp3) is 0.231. The van der Waals surface area contributed by atoms with Crippen LogP contribution in [0.5, 0.6) is 5.75 Å². The number of rotatable bonds is 10. The monoisotopic (exact) mass is 569 g/mol. The molecular weight excluding hydrogens is 543 g/mol. The van der Waals surface area contributed by atoms with Crippen molar-refractivity contribution in [3.05, 3.63) is 81.8 Å². The van der Waals surface area contributed by atoms with Gasteiger partial charge in [0, 0.05) is 30.3 Å². The van der Waals surface area contributed by atoms with E-state index in [0.29, 0.717) is 57.1 Å². The number of methoxy groups -OCH3 is 1. The molecule has 4 aromatic rings. The largest absolute Gasteiger partial charge is 0.494 e. The molecular formula is C26H27ClFN8O4+. The molecule has 1 amide bonds. The number of imidazole rings is 1. The van der Waals surface area contributed by atoms with E-state index in [1.165, 1.54) is 44.0 Å². The molecule has 14 heteroatoms. The third-order valence-electron chi connectivity index (χ3n) is 6.05. The van der Waals surface area contributed by atoms with Crippen molar-refractivity contribution in [2.24, 2.45) is 7.05 Å². The molecule has 0 spiro atoms. The maximum Gasteiger partial charge on any atom is 0.390 e. The molecule has 4 rings (SSSR count). The SMILES string of the molecule is COc1cc2ncnc(Nc3ccc(F)c(Cl)c3)c2cc1NC(=O)C=CC[N+](C)(C)Cc1c([N+](=O)[O-])ncn1C. The van der Waals surface area contributed by atoms with Crippen molar-refractivity contribution in [1.29, 1.82) is 0 Å². The Morgan fingerprint density at radius 2 is 2.02 bits per heavy atom. The predicted octanol–water partition coefficient (Wildman–Crippen LogP) is 4.59. The third-order valence-corrected chi connectivity index (χ3v) is 6.34. The highest BCUT2D eigenvalue weighted by Gasteiger charge is 2.27. The topological polar surface area (TPSA) is 137 Å². The number of carbonyl (C=O) groups is 1. The number of quaternary nitrogens is 1. The van der Waals surface area contributed by atoms with Gasteiger partial charge in [-0.1, -0.05) is 11.6 Å². The molecule has 2 N–H and O–H groups in total. The Hall–Kier alpha value is -4.62. The van der Waals surface area contributed by atoms with Crippen LogP contribution >= 0.6 is 11.6 Å². The molecule has 0 radical (unpaired) electrons. The predicted molar refractivity (Wildman–Crippen MR) is 149 cm³/mol. The smallest absolute Gasteiger partial charge is 0.390 e. The zero-order valence-corrected chi connectivity index (χ0v) is 22.9. The summed E-state index contributed by atoms with van der Waals surface area (Å²) in [6.45, 7) is 0.763. The molecule has 2 aromatic heterocycles. The highest BCUT2D eigenvalue weighted by Crippen LogP contribution is 2.33. The van der Waals surface area contributed by atoms with Crippen molar-refractivity contribution in [1.82, 2.24) is 19.5 Å². The lowest BCUT2D eigenvalue weighted by Gasteiger charge is -2.28. The van der Waals surface area contributed by atoms with E-state index in [-0.39, 0.29) is 10.8 Å². The number of benzene rings is 2. The van der Waals surface area contributed by atoms with Gasteiger partial charge in [0.25, 0.3) is 0 Å². The van der Waals surface area contributed by atoms with E-state index in [2.05, 4.69) is 25.6 Å². The summed E-state index contributed by atoms with van der Waals surface area (Å²) in [5, 5.41) is 17.7. The molecule has 0 saturated heterocycles. The number of nitrogens with one attached hydrogen (secondary N) is 2. The van der Waals surface area contributed by atoms with Crippen LogP contribution in [0, 0.1) is 15.9 Å². The number of carbonyl (C=O) groups excluding carboxylic acids is 1. The van der Waals surface area contributed by atoms with Crippen LogP contribution in [0.1, 0.15) is 5.69 Å². The van der Waals surface area contributed by atoms with Crippen molar-refractivity contribution in [3.63, 3.8) is 0 Å². The minimum absolute atomic E-state index is 0.0369. The standard InChI is InChI=1S/C26H26ClFN8O4/c1-34-15-31-26(35(38)39)22(34)13-36(2,3)9-5-6-24(37)33-21-11-17-20(12-23(21)40-4)29-14-30-25(17)32-16-7-8-19(28)18(27)10-16/h5-8,10-12,14-15H,9,13H2,1-4H3,(H-,29,30,32,33,37)/p+1. The number of ether oxygens (including phenoxy) is 1. The average Bonchev–Trinajstić information content (AvgIpc) is 3.25. The van der Waals surface area contributed by atoms with Gasteiger partial charge >= 0.3 is 5.82 Å². The number of fused-ring (bicyclic) bond motifs is 1. The first-order valence-electron chi connectivity index (χ1n) is 12.0. The van der Waals surface area contributed by atoms with Crippen LogP contribution in [0.15, 0.2) is 55.1 Å². The Labute approximate surface area is 233 Å². The molecule has 0 atom stereocenters. The van der Waals surface area contributed by atoms with E-state index in [0.717, 1.165) is 0 Å². The summed E-state index contributed by atoms with van der Waals surface area (Å²) < 4.78 is 21.0. The van der Waals surface area contributed by atoms with E-state index in [1.54, 1.807) is 29.8 Å². The Balaban J connectivity index is 1.51. The maximum absolute atomic E-state index is 13.6. The van der Waals surface area contributed by atoms with Gasteiger partial charge in [0.2, 0.25) is 12.2 Å². The lowest BCUT2D eigenvalue weighted by atomic mass is 10.1. The number of nitro groups is 1. The van der Waals surface area contributed by atoms with Crippen LogP contribution in [0.3, 0.4) is 0 Å². The molecule has 0 bridgehead atoms. The zero-order chi connectivity index (χ0) is 29.0. The van der Waals surface area contributed by atoms with E-state index in [9.17, 15) is 19.3 Å². The molecule has 40 heavy (non-hydrogen) atoms. The van der Waals surface area contributed by atoms with E-state index < -0.39 is 16.6 Å². The first-order chi connectivity index (χ1) is 19.0. The normalized spacial score (nSPS) is 11.7. The highest BCUT2D eigenvalue weighted by atomic mass is 35.5. The Morgan fingerprint density at radius 1 is 1.25 bits per heavy atom. The summed E-state index contributed by atoms with van der Waals surface area (Å²) in [7, 11) is 6.98. The van der Waals surface area contributed by atoms with Crippen LogP contribution in [-0.4, -0.2) is 62.6 Å². The fourth-order valence-corrected chi connectivity index (χ4v) is 4.21. The first-order valence-corrected chi connectivity index (χ1v) is 12.3. The second-order valence-corrected chi connectivity index (χ2v) is 10.0. The summed E-state index contributed by atoms with van der Waals surface area (Å²) in [6, 6.07) is 7.55. The number of halogens is 2. The van der Waals surface area contributed by atoms with E-state index in [4.69, 9.17) is 16.3 Å². The minimum atomic E-state index is -0.539. The lowest BCUT2D eigenvalue weighted by Crippen LogP contribution is -2.39. The Bertz CT molecular complexity index is 1620. The van der Waals surface area contributed by atoms with Crippen LogP contribution < -0.4 is 15.4 Å². The van der Waals surface area contributed by atoms with Crippen LogP contribution in [0.4, 0.5) is 27.4 Å². The number of nitrogens with zero attached hydrogens (tertiary/aromatic N) is 6. The maximum atomic E-state index is 13.6. The van der Waals surface area contributed by atoms with Gasteiger partial charge in [-0.3, -0.25) is 4.79 Å². The van der Waals surface area contributed by atoms with Gasteiger partial charge in [-0.2, -0.15) is 0 Å². The molecule has 2 heterocycles. The van der Waals surface area contributed by atoms with E-state index >= 15 is 0 Å². The lowest BCUT2D eigenvalue weighted by molar-refractivity contribution is -0.898. The third kappa shape index (κ3) is 6.50. The molecule has 0 saturated carbocycles. The number of hydrogen-bond acceptors (Lipinski definition) is 8. The number of amides is 1. The van der Waals surface area contributed by atoms with Gasteiger partial charge in [0.15, 0.2) is 5.69 Å². The molecule has 0 aliphatic heterocycles. The molecule has 208 valence electrons. The quantitative estimate of drug-likeness (QED) is 0.122. The number of aryl methyl sites for hydroxylation is 1. The summed E-state index contributed by atoms with van der Waals surface area (Å²) in [5.41, 5.74) is 1.95. The first kappa shape index (κ1) is 28.4. The number of hydrogen-bond donors (Lipinski definition) is 2. The highest BCUT2D eigenvalue weighted by molar-refractivity contribution is 6.31. The van der Waals surface area contributed by atoms with Crippen molar-refractivity contribution in [3.8, 4) is 5.75 Å². The second-order valence-electron chi connectivity index (χ2n) is 9.60. The van der Waals surface area contributed by atoms with Crippen LogP contribution in [-0.2, 0) is 18.4 Å². The van der Waals surface area contributed by atoms with Crippen molar-refractivity contribution in [2.75, 3.05) is 38.4 Å². The van der Waals surface area contributed by atoms with Gasteiger partial charge < -0.3 is 34.5 Å². The summed E-state index contributed by atoms with van der Waals surface area (Å²) in [4.78, 5) is 36.0. The van der Waals surface area contributed by atoms with Gasteiger partial charge in [0.1, 0.15) is 30.3 Å². The Kier molecular flexibility index (Phi) is 8.26. The zero-order valence-electron chi connectivity index (χ0n) is 22.2. The van der Waals surface area contributed by atoms with Crippen molar-refractivity contribution in [2.45, 2.75) is 6.54 Å². The summed E-state index contributed by atoms with van der Waals surface area (Å²) in [6.07, 6.45) is 5.87. The number of anilines is 3. The molecule has 12 nitrogen and oxygen atoms in total. The molecule has 2 aromatic carbocycles. The number of likely N-dealkylation sites (N-methyl/N-ethyl adjacent to an activating group) is 1. The molecule has 0 aliphatic rings. The fourth-order valence-electron chi connectivity index (χ4n) is 4.03. The number of aromatic nitrogens is 4. The van der Waals surface area contributed by atoms with Crippen molar-refractivity contribution >= 4 is 51.4 Å². The van der Waals surface area contributed by atoms with Crippen LogP contribution in [0.25, 0.3) is 10.9 Å². The minimum Gasteiger partial charge on any atom is -0.494 e. The summed E-state index contributed by atoms with van der Waals surface area (Å²) in [5.74, 6) is -0.309. The van der Waals surface area contributed by atoms with Gasteiger partial charge in [-0.05, 0) is 40.2 Å². The molecule has 0 unspecified atom stereocenters. The Morgan fingerprint density at radius 3 is 2.73 bits per heavy atom. The van der Waals surface area contributed by atoms with E-state index in [1.807, 2.05) is 14.1 Å². The molecule has 0 fully saturated rings. The summed E-state index contributed by atoms with van der Waals surface area (Å²) >= 11 is 5.90. The molecule has 0 aliphatic carbocycles. The van der Waals surface area contributed by atoms with Gasteiger partial charge in [0.05, 0.1) is 44.0 Å². The van der Waals surface area contributed by atoms with Crippen LogP contribution in [0.2, 0.25) is 5.02 Å². The van der Waals surface area contributed by atoms with Gasteiger partial charge in [-0.25, -0.2) is 14.4 Å². The average molecular weight is 570 g/mol.